The standard InChI is InChI=1S/C27H32N2O2/c1-18-13-20(3)25(21(4)14-18)17-31-24-11-9-22(10-12-24)15-23(16-28)27(30)29-26-8-6-5-7-19(26)2/h9-15,19,26H,5-8,17H2,1-4H3,(H,29,30)/b23-15+/t19-,26-/m1/s1. The number of ether oxygens (including phenoxy) is 1. The molecule has 0 spiro atoms. The number of hydrogen-bond acceptors (Lipinski definition) is 3. The zero-order chi connectivity index (χ0) is 22.4. The number of benzene rings is 2. The minimum atomic E-state index is -0.285. The summed E-state index contributed by atoms with van der Waals surface area (Å²) in [5, 5.41) is 12.5. The molecular formula is C27H32N2O2. The molecule has 0 unspecified atom stereocenters. The first-order chi connectivity index (χ1) is 14.9. The largest absolute Gasteiger partial charge is 0.489 e. The van der Waals surface area contributed by atoms with Crippen LogP contribution in [0.5, 0.6) is 5.75 Å². The first-order valence-electron chi connectivity index (χ1n) is 11.1. The Bertz CT molecular complexity index is 976. The van der Waals surface area contributed by atoms with Crippen molar-refractivity contribution in [3.8, 4) is 11.8 Å². The average molecular weight is 417 g/mol. The summed E-state index contributed by atoms with van der Waals surface area (Å²) in [7, 11) is 0. The second kappa shape index (κ2) is 10.3. The number of nitrogens with zero attached hydrogens (tertiary/aromatic N) is 1. The molecular weight excluding hydrogens is 384 g/mol. The van der Waals surface area contributed by atoms with Crippen LogP contribution in [-0.4, -0.2) is 11.9 Å². The van der Waals surface area contributed by atoms with Crippen molar-refractivity contribution in [1.29, 1.82) is 5.26 Å². The zero-order valence-electron chi connectivity index (χ0n) is 19.0. The van der Waals surface area contributed by atoms with Gasteiger partial charge in [-0.3, -0.25) is 4.79 Å². The van der Waals surface area contributed by atoms with E-state index in [1.54, 1.807) is 6.08 Å². The fourth-order valence-electron chi connectivity index (χ4n) is 4.35. The van der Waals surface area contributed by atoms with Gasteiger partial charge in [0, 0.05) is 6.04 Å². The molecule has 0 heterocycles. The summed E-state index contributed by atoms with van der Waals surface area (Å²) in [6.45, 7) is 8.99. The van der Waals surface area contributed by atoms with Crippen molar-refractivity contribution in [2.45, 2.75) is 66.0 Å². The number of carbonyl (C=O) groups excluding carboxylic acids is 1. The highest BCUT2D eigenvalue weighted by Crippen LogP contribution is 2.24. The summed E-state index contributed by atoms with van der Waals surface area (Å²) in [5.41, 5.74) is 5.86. The molecule has 4 nitrogen and oxygen atoms in total. The van der Waals surface area contributed by atoms with Crippen molar-refractivity contribution in [2.24, 2.45) is 5.92 Å². The number of hydrogen-bond donors (Lipinski definition) is 1. The Hall–Kier alpha value is -3.06. The number of amides is 1. The third kappa shape index (κ3) is 5.98. The van der Waals surface area contributed by atoms with Gasteiger partial charge in [0.1, 0.15) is 24.0 Å². The van der Waals surface area contributed by atoms with Crippen LogP contribution in [0, 0.1) is 38.0 Å². The van der Waals surface area contributed by atoms with Gasteiger partial charge in [0.05, 0.1) is 0 Å². The number of nitriles is 1. The Morgan fingerprint density at radius 2 is 1.77 bits per heavy atom. The monoisotopic (exact) mass is 416 g/mol. The molecule has 0 aliphatic heterocycles. The van der Waals surface area contributed by atoms with E-state index in [2.05, 4.69) is 51.2 Å². The molecule has 0 bridgehead atoms. The Kier molecular flexibility index (Phi) is 7.52. The maximum absolute atomic E-state index is 12.6. The third-order valence-corrected chi connectivity index (χ3v) is 6.21. The maximum Gasteiger partial charge on any atom is 0.262 e. The molecule has 1 amide bonds. The molecule has 3 rings (SSSR count). The Labute approximate surface area is 185 Å². The van der Waals surface area contributed by atoms with Crippen LogP contribution in [0.1, 0.15) is 60.4 Å². The van der Waals surface area contributed by atoms with Gasteiger partial charge in [0.15, 0.2) is 0 Å². The second-order valence-corrected chi connectivity index (χ2v) is 8.75. The molecule has 1 saturated carbocycles. The topological polar surface area (TPSA) is 62.1 Å². The molecule has 1 aliphatic carbocycles. The average Bonchev–Trinajstić information content (AvgIpc) is 2.73. The molecule has 1 aliphatic rings. The van der Waals surface area contributed by atoms with E-state index < -0.39 is 0 Å². The van der Waals surface area contributed by atoms with Gasteiger partial charge < -0.3 is 10.1 Å². The van der Waals surface area contributed by atoms with E-state index in [1.807, 2.05) is 24.3 Å². The fourth-order valence-corrected chi connectivity index (χ4v) is 4.35. The number of carbonyl (C=O) groups is 1. The molecule has 2 aromatic carbocycles. The van der Waals surface area contributed by atoms with Gasteiger partial charge in [-0.1, -0.05) is 49.6 Å². The quantitative estimate of drug-likeness (QED) is 0.479. The lowest BCUT2D eigenvalue weighted by Gasteiger charge is -2.29. The molecule has 0 saturated heterocycles. The molecule has 2 aromatic rings. The highest BCUT2D eigenvalue weighted by molar-refractivity contribution is 6.01. The van der Waals surface area contributed by atoms with Crippen molar-refractivity contribution in [3.63, 3.8) is 0 Å². The van der Waals surface area contributed by atoms with E-state index in [4.69, 9.17) is 4.74 Å². The molecule has 31 heavy (non-hydrogen) atoms. The lowest BCUT2D eigenvalue weighted by Crippen LogP contribution is -2.41. The predicted molar refractivity (Wildman–Crippen MR) is 125 cm³/mol. The van der Waals surface area contributed by atoms with E-state index in [1.165, 1.54) is 28.7 Å². The Morgan fingerprint density at radius 1 is 1.13 bits per heavy atom. The minimum Gasteiger partial charge on any atom is -0.489 e. The molecule has 162 valence electrons. The van der Waals surface area contributed by atoms with Crippen molar-refractivity contribution in [1.82, 2.24) is 5.32 Å². The first-order valence-corrected chi connectivity index (χ1v) is 11.1. The summed E-state index contributed by atoms with van der Waals surface area (Å²) >= 11 is 0. The molecule has 0 radical (unpaired) electrons. The molecule has 2 atom stereocenters. The molecule has 0 aromatic heterocycles. The van der Waals surface area contributed by atoms with Gasteiger partial charge in [0.2, 0.25) is 0 Å². The van der Waals surface area contributed by atoms with Crippen LogP contribution in [0.4, 0.5) is 0 Å². The number of aryl methyl sites for hydroxylation is 3. The summed E-state index contributed by atoms with van der Waals surface area (Å²) < 4.78 is 5.97. The summed E-state index contributed by atoms with van der Waals surface area (Å²) in [6, 6.07) is 14.0. The number of nitrogens with one attached hydrogen (secondary N) is 1. The van der Waals surface area contributed by atoms with Gasteiger partial charge in [-0.2, -0.15) is 5.26 Å². The van der Waals surface area contributed by atoms with Crippen LogP contribution in [0.25, 0.3) is 6.08 Å². The van der Waals surface area contributed by atoms with Crippen molar-refractivity contribution < 1.29 is 9.53 Å². The van der Waals surface area contributed by atoms with Gasteiger partial charge >= 0.3 is 0 Å². The Balaban J connectivity index is 1.64. The van der Waals surface area contributed by atoms with E-state index in [0.29, 0.717) is 12.5 Å². The highest BCUT2D eigenvalue weighted by Gasteiger charge is 2.24. The van der Waals surface area contributed by atoms with Gasteiger partial charge in [-0.25, -0.2) is 0 Å². The first kappa shape index (κ1) is 22.6. The molecule has 1 fully saturated rings. The summed E-state index contributed by atoms with van der Waals surface area (Å²) in [6.07, 6.45) is 6.09. The van der Waals surface area contributed by atoms with Crippen molar-refractivity contribution in [3.05, 3.63) is 69.8 Å². The Morgan fingerprint density at radius 3 is 2.39 bits per heavy atom. The van der Waals surface area contributed by atoms with Crippen LogP contribution in [0.2, 0.25) is 0 Å². The van der Waals surface area contributed by atoms with E-state index in [-0.39, 0.29) is 17.5 Å². The maximum atomic E-state index is 12.6. The highest BCUT2D eigenvalue weighted by atomic mass is 16.5. The van der Waals surface area contributed by atoms with E-state index >= 15 is 0 Å². The third-order valence-electron chi connectivity index (χ3n) is 6.21. The SMILES string of the molecule is Cc1cc(C)c(COc2ccc(/C=C(\C#N)C(=O)N[C@@H]3CCCC[C@H]3C)cc2)c(C)c1. The van der Waals surface area contributed by atoms with Crippen LogP contribution in [0.3, 0.4) is 0 Å². The minimum absolute atomic E-state index is 0.136. The van der Waals surface area contributed by atoms with Gasteiger partial charge in [0.25, 0.3) is 5.91 Å². The van der Waals surface area contributed by atoms with Crippen LogP contribution < -0.4 is 10.1 Å². The lowest BCUT2D eigenvalue weighted by atomic mass is 9.86. The second-order valence-electron chi connectivity index (χ2n) is 8.75. The van der Waals surface area contributed by atoms with Gasteiger partial charge in [-0.15, -0.1) is 0 Å². The summed E-state index contributed by atoms with van der Waals surface area (Å²) in [5.74, 6) is 0.928. The normalized spacial score (nSPS) is 18.9. The van der Waals surface area contributed by atoms with E-state index in [0.717, 1.165) is 30.6 Å². The van der Waals surface area contributed by atoms with Crippen molar-refractivity contribution in [2.75, 3.05) is 0 Å². The van der Waals surface area contributed by atoms with Crippen molar-refractivity contribution >= 4 is 12.0 Å². The smallest absolute Gasteiger partial charge is 0.262 e. The van der Waals surface area contributed by atoms with Crippen LogP contribution in [-0.2, 0) is 11.4 Å². The number of rotatable bonds is 6. The molecule has 1 N–H and O–H groups in total. The van der Waals surface area contributed by atoms with Crippen LogP contribution in [0.15, 0.2) is 42.0 Å². The fraction of sp³-hybridized carbons (Fsp3) is 0.407. The summed E-state index contributed by atoms with van der Waals surface area (Å²) in [4.78, 5) is 12.6. The van der Waals surface area contributed by atoms with E-state index in [9.17, 15) is 10.1 Å². The lowest BCUT2D eigenvalue weighted by molar-refractivity contribution is -0.118. The predicted octanol–water partition coefficient (Wildman–Crippen LogP) is 5.79. The van der Waals surface area contributed by atoms with Crippen LogP contribution >= 0.6 is 0 Å². The molecule has 4 heteroatoms. The zero-order valence-corrected chi connectivity index (χ0v) is 19.0. The van der Waals surface area contributed by atoms with Gasteiger partial charge in [-0.05, 0) is 80.0 Å².